The summed E-state index contributed by atoms with van der Waals surface area (Å²) in [6.07, 6.45) is 7.53. The monoisotopic (exact) mass is 352 g/mol. The summed E-state index contributed by atoms with van der Waals surface area (Å²) in [6.45, 7) is 4.83. The zero-order valence-corrected chi connectivity index (χ0v) is 15.0. The summed E-state index contributed by atoms with van der Waals surface area (Å²) in [5, 5.41) is 9.44. The van der Waals surface area contributed by atoms with E-state index >= 15 is 0 Å². The summed E-state index contributed by atoms with van der Waals surface area (Å²) in [5.74, 6) is -0.763. The lowest BCUT2D eigenvalue weighted by molar-refractivity contribution is 0.0426. The summed E-state index contributed by atoms with van der Waals surface area (Å²) < 4.78 is 26.6. The maximum Gasteiger partial charge on any atom is 0.159 e. The highest BCUT2D eigenvalue weighted by Crippen LogP contribution is 2.26. The average Bonchev–Trinajstić information content (AvgIpc) is 2.61. The van der Waals surface area contributed by atoms with Gasteiger partial charge in [0.1, 0.15) is 0 Å². The molecule has 1 aliphatic heterocycles. The van der Waals surface area contributed by atoms with E-state index in [1.54, 1.807) is 6.07 Å². The van der Waals surface area contributed by atoms with Gasteiger partial charge in [-0.15, -0.1) is 0 Å². The molecular weight excluding hydrogens is 322 g/mol. The van der Waals surface area contributed by atoms with E-state index in [0.29, 0.717) is 6.54 Å². The van der Waals surface area contributed by atoms with E-state index in [1.807, 2.05) is 0 Å². The molecular formula is C20H30F2N2O. The van der Waals surface area contributed by atoms with Gasteiger partial charge in [0.25, 0.3) is 0 Å². The quantitative estimate of drug-likeness (QED) is 0.850. The van der Waals surface area contributed by atoms with Gasteiger partial charge in [-0.3, -0.25) is 4.90 Å². The number of aliphatic hydroxyl groups excluding tert-OH is 1. The molecule has 1 saturated carbocycles. The molecule has 1 atom stereocenters. The van der Waals surface area contributed by atoms with Gasteiger partial charge >= 0.3 is 0 Å². The van der Waals surface area contributed by atoms with Crippen molar-refractivity contribution < 1.29 is 13.9 Å². The Morgan fingerprint density at radius 2 is 1.84 bits per heavy atom. The second-order valence-electron chi connectivity index (χ2n) is 7.65. The van der Waals surface area contributed by atoms with Gasteiger partial charge in [0.2, 0.25) is 0 Å². The van der Waals surface area contributed by atoms with Crippen molar-refractivity contribution >= 4 is 0 Å². The normalized spacial score (nSPS) is 23.9. The lowest BCUT2D eigenvalue weighted by Crippen LogP contribution is -2.53. The molecule has 0 radical (unpaired) electrons. The predicted molar refractivity (Wildman–Crippen MR) is 95.3 cm³/mol. The predicted octanol–water partition coefficient (Wildman–Crippen LogP) is 3.41. The second-order valence-corrected chi connectivity index (χ2v) is 7.65. The highest BCUT2D eigenvalue weighted by Gasteiger charge is 2.28. The van der Waals surface area contributed by atoms with Crippen molar-refractivity contribution in [1.82, 2.24) is 9.80 Å². The molecule has 0 unspecified atom stereocenters. The third-order valence-electron chi connectivity index (χ3n) is 5.76. The first-order valence-corrected chi connectivity index (χ1v) is 9.67. The first-order valence-electron chi connectivity index (χ1n) is 9.67. The lowest BCUT2D eigenvalue weighted by Gasteiger charge is -2.43. The maximum absolute atomic E-state index is 13.5. The van der Waals surface area contributed by atoms with Gasteiger partial charge in [0, 0.05) is 45.4 Å². The van der Waals surface area contributed by atoms with Crippen molar-refractivity contribution in [1.29, 1.82) is 0 Å². The van der Waals surface area contributed by atoms with Crippen LogP contribution in [0, 0.1) is 17.6 Å². The molecule has 0 spiro atoms. The molecule has 0 amide bonds. The van der Waals surface area contributed by atoms with E-state index in [2.05, 4.69) is 9.80 Å². The molecule has 0 bridgehead atoms. The Morgan fingerprint density at radius 3 is 2.56 bits per heavy atom. The number of nitrogens with zero attached hydrogens (tertiary/aromatic N) is 2. The molecule has 5 heteroatoms. The van der Waals surface area contributed by atoms with Crippen molar-refractivity contribution in [3.8, 4) is 0 Å². The van der Waals surface area contributed by atoms with E-state index in [9.17, 15) is 13.9 Å². The van der Waals surface area contributed by atoms with Crippen molar-refractivity contribution in [3.05, 3.63) is 35.4 Å². The first kappa shape index (κ1) is 18.7. The van der Waals surface area contributed by atoms with Crippen molar-refractivity contribution in [2.75, 3.05) is 32.8 Å². The Kier molecular flexibility index (Phi) is 6.79. The number of hydrogen-bond donors (Lipinski definition) is 1. The first-order chi connectivity index (χ1) is 12.2. The van der Waals surface area contributed by atoms with Crippen molar-refractivity contribution in [3.63, 3.8) is 0 Å². The van der Waals surface area contributed by atoms with Gasteiger partial charge in [-0.2, -0.15) is 0 Å². The minimum absolute atomic E-state index is 0.163. The number of piperazine rings is 1. The largest absolute Gasteiger partial charge is 0.396 e. The highest BCUT2D eigenvalue weighted by atomic mass is 19.2. The fourth-order valence-corrected chi connectivity index (χ4v) is 4.36. The lowest BCUT2D eigenvalue weighted by atomic mass is 9.88. The smallest absolute Gasteiger partial charge is 0.159 e. The summed E-state index contributed by atoms with van der Waals surface area (Å²) in [5.41, 5.74) is 0.794. The second kappa shape index (κ2) is 9.06. The molecule has 3 rings (SSSR count). The van der Waals surface area contributed by atoms with Crippen LogP contribution in [0.2, 0.25) is 0 Å². The van der Waals surface area contributed by atoms with Crippen LogP contribution in [0.5, 0.6) is 0 Å². The highest BCUT2D eigenvalue weighted by molar-refractivity contribution is 5.18. The van der Waals surface area contributed by atoms with Crippen LogP contribution in [0.15, 0.2) is 18.2 Å². The molecule has 2 fully saturated rings. The Morgan fingerprint density at radius 1 is 1.04 bits per heavy atom. The number of rotatable bonds is 6. The molecule has 140 valence electrons. The van der Waals surface area contributed by atoms with Crippen LogP contribution in [0.25, 0.3) is 0 Å². The van der Waals surface area contributed by atoms with E-state index in [-0.39, 0.29) is 12.6 Å². The molecule has 3 nitrogen and oxygen atoms in total. The van der Waals surface area contributed by atoms with Gasteiger partial charge in [0.15, 0.2) is 11.6 Å². The Balaban J connectivity index is 1.57. The molecule has 1 N–H and O–H groups in total. The van der Waals surface area contributed by atoms with E-state index in [4.69, 9.17) is 0 Å². The Hall–Kier alpha value is -1.04. The Labute approximate surface area is 149 Å². The third-order valence-corrected chi connectivity index (χ3v) is 5.76. The SMILES string of the molecule is OCC[C@@H]1CN(CC2CCCCC2)CCN1Cc1ccc(F)c(F)c1. The molecule has 2 aliphatic rings. The van der Waals surface area contributed by atoms with Crippen LogP contribution in [0.3, 0.4) is 0 Å². The minimum atomic E-state index is -0.798. The average molecular weight is 352 g/mol. The zero-order valence-electron chi connectivity index (χ0n) is 15.0. The topological polar surface area (TPSA) is 26.7 Å². The number of benzene rings is 1. The van der Waals surface area contributed by atoms with E-state index in [1.165, 1.54) is 50.8 Å². The standard InChI is InChI=1S/C20H30F2N2O/c21-19-7-6-17(12-20(19)22)14-24-10-9-23(15-18(24)8-11-25)13-16-4-2-1-3-5-16/h6-7,12,16,18,25H,1-5,8-11,13-15H2/t18-/m1/s1. The molecule has 1 aromatic carbocycles. The molecule has 1 aliphatic carbocycles. The molecule has 0 aromatic heterocycles. The fourth-order valence-electron chi connectivity index (χ4n) is 4.36. The minimum Gasteiger partial charge on any atom is -0.396 e. The Bertz CT molecular complexity index is 548. The zero-order chi connectivity index (χ0) is 17.6. The number of aliphatic hydroxyl groups is 1. The van der Waals surface area contributed by atoms with Crippen molar-refractivity contribution in [2.24, 2.45) is 5.92 Å². The fraction of sp³-hybridized carbons (Fsp3) is 0.700. The molecule has 1 heterocycles. The van der Waals surface area contributed by atoms with Gasteiger partial charge in [0.05, 0.1) is 0 Å². The van der Waals surface area contributed by atoms with Gasteiger partial charge < -0.3 is 10.0 Å². The van der Waals surface area contributed by atoms with Gasteiger partial charge in [-0.05, 0) is 42.9 Å². The number of hydrogen-bond acceptors (Lipinski definition) is 3. The van der Waals surface area contributed by atoms with Crippen molar-refractivity contribution in [2.45, 2.75) is 51.1 Å². The number of halogens is 2. The summed E-state index contributed by atoms with van der Waals surface area (Å²) in [7, 11) is 0. The maximum atomic E-state index is 13.5. The van der Waals surface area contributed by atoms with Crippen LogP contribution < -0.4 is 0 Å². The van der Waals surface area contributed by atoms with Gasteiger partial charge in [-0.25, -0.2) is 8.78 Å². The summed E-state index contributed by atoms with van der Waals surface area (Å²) >= 11 is 0. The third kappa shape index (κ3) is 5.22. The van der Waals surface area contributed by atoms with Crippen LogP contribution in [0.4, 0.5) is 8.78 Å². The van der Waals surface area contributed by atoms with E-state index in [0.717, 1.165) is 37.5 Å². The van der Waals surface area contributed by atoms with Crippen LogP contribution in [-0.4, -0.2) is 53.7 Å². The molecule has 1 aromatic rings. The molecule has 25 heavy (non-hydrogen) atoms. The van der Waals surface area contributed by atoms with Gasteiger partial charge in [-0.1, -0.05) is 25.3 Å². The van der Waals surface area contributed by atoms with Crippen LogP contribution >= 0.6 is 0 Å². The molecule has 1 saturated heterocycles. The summed E-state index contributed by atoms with van der Waals surface area (Å²) in [4.78, 5) is 4.85. The van der Waals surface area contributed by atoms with E-state index < -0.39 is 11.6 Å². The van der Waals surface area contributed by atoms with Crippen LogP contribution in [0.1, 0.15) is 44.1 Å². The van der Waals surface area contributed by atoms with Crippen LogP contribution in [-0.2, 0) is 6.54 Å². The summed E-state index contributed by atoms with van der Waals surface area (Å²) in [6, 6.07) is 4.42.